The molecule has 126 valence electrons. The molecule has 2 heterocycles. The van der Waals surface area contributed by atoms with Crippen molar-refractivity contribution >= 4 is 11.6 Å². The molecule has 25 heavy (non-hydrogen) atoms. The van der Waals surface area contributed by atoms with Gasteiger partial charge in [-0.1, -0.05) is 35.5 Å². The smallest absolute Gasteiger partial charge is 0.232 e. The van der Waals surface area contributed by atoms with Gasteiger partial charge in [0.2, 0.25) is 17.6 Å². The van der Waals surface area contributed by atoms with Gasteiger partial charge < -0.3 is 9.42 Å². The summed E-state index contributed by atoms with van der Waals surface area (Å²) < 4.78 is 31.8. The summed E-state index contributed by atoms with van der Waals surface area (Å²) in [7, 11) is 0. The minimum atomic E-state index is -0.988. The molecule has 5 nitrogen and oxygen atoms in total. The molecule has 0 radical (unpaired) electrons. The lowest BCUT2D eigenvalue weighted by Crippen LogP contribution is -2.24. The van der Waals surface area contributed by atoms with Crippen molar-refractivity contribution in [3.63, 3.8) is 0 Å². The highest BCUT2D eigenvalue weighted by atomic mass is 19.2. The van der Waals surface area contributed by atoms with E-state index in [9.17, 15) is 13.6 Å². The minimum Gasteiger partial charge on any atom is -0.339 e. The number of anilines is 1. The Morgan fingerprint density at radius 3 is 2.64 bits per heavy atom. The first kappa shape index (κ1) is 15.4. The van der Waals surface area contributed by atoms with E-state index in [-0.39, 0.29) is 24.8 Å². The SMILES string of the molecule is O=C1CC(c2nc(-c3ccccc3)no2)CN1c1ccc(F)c(F)c1. The quantitative estimate of drug-likeness (QED) is 0.731. The number of benzene rings is 2. The number of amides is 1. The zero-order valence-corrected chi connectivity index (χ0v) is 13.0. The summed E-state index contributed by atoms with van der Waals surface area (Å²) in [4.78, 5) is 18.0. The molecule has 1 fully saturated rings. The second-order valence-corrected chi connectivity index (χ2v) is 5.83. The molecule has 2 aromatic carbocycles. The van der Waals surface area contributed by atoms with E-state index in [0.29, 0.717) is 17.4 Å². The monoisotopic (exact) mass is 341 g/mol. The Morgan fingerprint density at radius 2 is 1.88 bits per heavy atom. The third kappa shape index (κ3) is 2.88. The Bertz CT molecular complexity index is 927. The molecule has 1 unspecified atom stereocenters. The maximum Gasteiger partial charge on any atom is 0.232 e. The molecular weight excluding hydrogens is 328 g/mol. The molecule has 0 bridgehead atoms. The average molecular weight is 341 g/mol. The van der Waals surface area contributed by atoms with Crippen LogP contribution >= 0.6 is 0 Å². The Kier molecular flexibility index (Phi) is 3.76. The van der Waals surface area contributed by atoms with Gasteiger partial charge in [-0.05, 0) is 12.1 Å². The lowest BCUT2D eigenvalue weighted by Gasteiger charge is -2.16. The largest absolute Gasteiger partial charge is 0.339 e. The van der Waals surface area contributed by atoms with Crippen LogP contribution in [0.5, 0.6) is 0 Å². The molecule has 1 atom stereocenters. The van der Waals surface area contributed by atoms with Crippen molar-refractivity contribution in [1.82, 2.24) is 10.1 Å². The molecule has 3 aromatic rings. The van der Waals surface area contributed by atoms with E-state index in [1.54, 1.807) is 0 Å². The van der Waals surface area contributed by atoms with Gasteiger partial charge in [0.25, 0.3) is 0 Å². The number of nitrogens with zero attached hydrogens (tertiary/aromatic N) is 3. The van der Waals surface area contributed by atoms with Crippen molar-refractivity contribution in [3.05, 3.63) is 66.1 Å². The number of carbonyl (C=O) groups excluding carboxylic acids is 1. The summed E-state index contributed by atoms with van der Waals surface area (Å²) >= 11 is 0. The number of carbonyl (C=O) groups is 1. The first-order chi connectivity index (χ1) is 12.1. The Labute approximate surface area is 141 Å². The molecule has 0 spiro atoms. The van der Waals surface area contributed by atoms with Crippen LogP contribution < -0.4 is 4.90 Å². The number of hydrogen-bond donors (Lipinski definition) is 0. The molecule has 1 aromatic heterocycles. The summed E-state index contributed by atoms with van der Waals surface area (Å²) in [6.07, 6.45) is 0.176. The molecule has 7 heteroatoms. The van der Waals surface area contributed by atoms with Crippen molar-refractivity contribution in [3.8, 4) is 11.4 Å². The fraction of sp³-hybridized carbons (Fsp3) is 0.167. The van der Waals surface area contributed by atoms with Crippen molar-refractivity contribution in [2.45, 2.75) is 12.3 Å². The summed E-state index contributed by atoms with van der Waals surface area (Å²) in [6, 6.07) is 12.8. The number of rotatable bonds is 3. The van der Waals surface area contributed by atoms with Crippen LogP contribution in [0.25, 0.3) is 11.4 Å². The van der Waals surface area contributed by atoms with Crippen LogP contribution in [-0.2, 0) is 4.79 Å². The topological polar surface area (TPSA) is 59.2 Å². The van der Waals surface area contributed by atoms with E-state index in [0.717, 1.165) is 17.7 Å². The van der Waals surface area contributed by atoms with Crippen molar-refractivity contribution in [2.24, 2.45) is 0 Å². The van der Waals surface area contributed by atoms with Gasteiger partial charge in [0.15, 0.2) is 11.6 Å². The molecule has 0 saturated carbocycles. The van der Waals surface area contributed by atoms with Gasteiger partial charge >= 0.3 is 0 Å². The molecule has 1 saturated heterocycles. The highest BCUT2D eigenvalue weighted by Crippen LogP contribution is 2.32. The van der Waals surface area contributed by atoms with E-state index in [2.05, 4.69) is 10.1 Å². The third-order valence-corrected chi connectivity index (χ3v) is 4.16. The first-order valence-corrected chi connectivity index (χ1v) is 7.76. The molecule has 0 aliphatic carbocycles. The van der Waals surface area contributed by atoms with Crippen LogP contribution in [0.1, 0.15) is 18.2 Å². The van der Waals surface area contributed by atoms with Crippen LogP contribution in [0.2, 0.25) is 0 Å². The Morgan fingerprint density at radius 1 is 1.08 bits per heavy atom. The molecule has 4 rings (SSSR count). The molecule has 1 aliphatic rings. The lowest BCUT2D eigenvalue weighted by molar-refractivity contribution is -0.117. The van der Waals surface area contributed by atoms with E-state index in [4.69, 9.17) is 4.52 Å². The fourth-order valence-corrected chi connectivity index (χ4v) is 2.88. The zero-order valence-electron chi connectivity index (χ0n) is 13.0. The van der Waals surface area contributed by atoms with Crippen molar-refractivity contribution in [2.75, 3.05) is 11.4 Å². The normalized spacial score (nSPS) is 17.3. The highest BCUT2D eigenvalue weighted by Gasteiger charge is 2.35. The standard InChI is InChI=1S/C18H13F2N3O2/c19-14-7-6-13(9-15(14)20)23-10-12(8-16(23)24)18-21-17(22-25-18)11-4-2-1-3-5-11/h1-7,9,12H,8,10H2. The van der Waals surface area contributed by atoms with E-state index in [1.807, 2.05) is 30.3 Å². The van der Waals surface area contributed by atoms with Crippen LogP contribution in [0, 0.1) is 11.6 Å². The van der Waals surface area contributed by atoms with E-state index >= 15 is 0 Å². The van der Waals surface area contributed by atoms with Gasteiger partial charge in [-0.25, -0.2) is 8.78 Å². The predicted octanol–water partition coefficient (Wildman–Crippen LogP) is 3.54. The second kappa shape index (κ2) is 6.08. The Balaban J connectivity index is 1.56. The average Bonchev–Trinajstić information content (AvgIpc) is 3.25. The summed E-state index contributed by atoms with van der Waals surface area (Å²) in [5.74, 6) is -1.61. The van der Waals surface area contributed by atoms with Crippen molar-refractivity contribution in [1.29, 1.82) is 0 Å². The zero-order chi connectivity index (χ0) is 17.4. The molecule has 0 N–H and O–H groups in total. The van der Waals surface area contributed by atoms with Gasteiger partial charge in [0.1, 0.15) is 0 Å². The lowest BCUT2D eigenvalue weighted by atomic mass is 10.1. The Hall–Kier alpha value is -3.09. The maximum absolute atomic E-state index is 13.4. The van der Waals surface area contributed by atoms with Gasteiger partial charge in [-0.3, -0.25) is 4.79 Å². The second-order valence-electron chi connectivity index (χ2n) is 5.83. The summed E-state index contributed by atoms with van der Waals surface area (Å²) in [5.41, 5.74) is 1.13. The number of aromatic nitrogens is 2. The number of hydrogen-bond acceptors (Lipinski definition) is 4. The van der Waals surface area contributed by atoms with Crippen LogP contribution in [0.3, 0.4) is 0 Å². The number of halogens is 2. The molecule has 1 amide bonds. The van der Waals surface area contributed by atoms with Gasteiger partial charge in [0.05, 0.1) is 5.92 Å². The van der Waals surface area contributed by atoms with Gasteiger partial charge in [-0.15, -0.1) is 0 Å². The van der Waals surface area contributed by atoms with E-state index < -0.39 is 11.6 Å². The minimum absolute atomic E-state index is 0.176. The van der Waals surface area contributed by atoms with Crippen LogP contribution in [0.4, 0.5) is 14.5 Å². The van der Waals surface area contributed by atoms with E-state index in [1.165, 1.54) is 11.0 Å². The summed E-state index contributed by atoms with van der Waals surface area (Å²) in [6.45, 7) is 0.278. The van der Waals surface area contributed by atoms with Gasteiger partial charge in [0, 0.05) is 30.3 Å². The third-order valence-electron chi connectivity index (χ3n) is 4.16. The molecular formula is C18H13F2N3O2. The molecule has 1 aliphatic heterocycles. The van der Waals surface area contributed by atoms with Crippen LogP contribution in [-0.4, -0.2) is 22.6 Å². The predicted molar refractivity (Wildman–Crippen MR) is 85.8 cm³/mol. The van der Waals surface area contributed by atoms with Crippen LogP contribution in [0.15, 0.2) is 53.1 Å². The summed E-state index contributed by atoms with van der Waals surface area (Å²) in [5, 5.41) is 3.95. The first-order valence-electron chi connectivity index (χ1n) is 7.76. The van der Waals surface area contributed by atoms with Crippen molar-refractivity contribution < 1.29 is 18.1 Å². The van der Waals surface area contributed by atoms with Gasteiger partial charge in [-0.2, -0.15) is 4.98 Å². The highest BCUT2D eigenvalue weighted by molar-refractivity contribution is 5.96. The fourth-order valence-electron chi connectivity index (χ4n) is 2.88. The maximum atomic E-state index is 13.4.